The van der Waals surface area contributed by atoms with Gasteiger partial charge in [0.2, 0.25) is 11.8 Å². The van der Waals surface area contributed by atoms with E-state index in [4.69, 9.17) is 4.74 Å². The Hall–Kier alpha value is -1.10. The second-order valence-corrected chi connectivity index (χ2v) is 5.79. The van der Waals surface area contributed by atoms with Crippen molar-refractivity contribution in [3.63, 3.8) is 0 Å². The Kier molecular flexibility index (Phi) is 4.13. The highest BCUT2D eigenvalue weighted by Crippen LogP contribution is 2.26. The monoisotopic (exact) mass is 268 g/mol. The van der Waals surface area contributed by atoms with Gasteiger partial charge in [-0.15, -0.1) is 0 Å². The Bertz CT molecular complexity index is 372. The minimum absolute atomic E-state index is 0.0383. The maximum absolute atomic E-state index is 12.5. The summed E-state index contributed by atoms with van der Waals surface area (Å²) in [6.45, 7) is 7.42. The molecule has 5 nitrogen and oxygen atoms in total. The molecule has 0 aliphatic carbocycles. The van der Waals surface area contributed by atoms with E-state index in [1.54, 1.807) is 4.90 Å². The lowest BCUT2D eigenvalue weighted by atomic mass is 9.92. The molecule has 2 heterocycles. The summed E-state index contributed by atoms with van der Waals surface area (Å²) in [7, 11) is 0. The summed E-state index contributed by atoms with van der Waals surface area (Å²) in [5, 5.41) is 2.81. The molecule has 0 spiro atoms. The highest BCUT2D eigenvalue weighted by molar-refractivity contribution is 5.97. The molecule has 2 aliphatic rings. The van der Waals surface area contributed by atoms with Crippen LogP contribution in [0.2, 0.25) is 0 Å². The van der Waals surface area contributed by atoms with Crippen LogP contribution in [-0.2, 0) is 14.3 Å². The van der Waals surface area contributed by atoms with Crippen LogP contribution in [-0.4, -0.2) is 48.1 Å². The second kappa shape index (κ2) is 5.49. The Morgan fingerprint density at radius 1 is 1.42 bits per heavy atom. The van der Waals surface area contributed by atoms with Crippen LogP contribution in [0.4, 0.5) is 0 Å². The molecule has 2 rings (SSSR count). The second-order valence-electron chi connectivity index (χ2n) is 5.79. The highest BCUT2D eigenvalue weighted by Gasteiger charge is 2.43. The van der Waals surface area contributed by atoms with Crippen LogP contribution in [0.15, 0.2) is 0 Å². The molecule has 0 aromatic rings. The Morgan fingerprint density at radius 2 is 2.16 bits per heavy atom. The maximum Gasteiger partial charge on any atom is 0.248 e. The molecule has 2 saturated heterocycles. The third-order valence-electron chi connectivity index (χ3n) is 4.42. The quantitative estimate of drug-likeness (QED) is 0.825. The molecule has 3 unspecified atom stereocenters. The van der Waals surface area contributed by atoms with E-state index in [-0.39, 0.29) is 24.5 Å². The first-order chi connectivity index (χ1) is 9.00. The predicted octanol–water partition coefficient (Wildman–Crippen LogP) is 0.929. The van der Waals surface area contributed by atoms with Crippen molar-refractivity contribution in [2.24, 2.45) is 5.92 Å². The van der Waals surface area contributed by atoms with Gasteiger partial charge in [-0.3, -0.25) is 9.59 Å². The number of hydrogen-bond donors (Lipinski definition) is 1. The summed E-state index contributed by atoms with van der Waals surface area (Å²) in [5.74, 6) is 0.341. The number of ether oxygens (including phenoxy) is 1. The van der Waals surface area contributed by atoms with Gasteiger partial charge in [-0.1, -0.05) is 13.8 Å². The van der Waals surface area contributed by atoms with Gasteiger partial charge in [-0.25, -0.2) is 0 Å². The highest BCUT2D eigenvalue weighted by atomic mass is 16.5. The number of nitrogens with zero attached hydrogens (tertiary/aromatic N) is 1. The lowest BCUT2D eigenvalue weighted by Gasteiger charge is -2.40. The van der Waals surface area contributed by atoms with Gasteiger partial charge in [0.1, 0.15) is 5.54 Å². The van der Waals surface area contributed by atoms with Crippen molar-refractivity contribution < 1.29 is 14.3 Å². The molecule has 0 saturated carbocycles. The van der Waals surface area contributed by atoms with Crippen LogP contribution in [0.1, 0.15) is 40.0 Å². The normalized spacial score (nSPS) is 35.6. The maximum atomic E-state index is 12.5. The fourth-order valence-electron chi connectivity index (χ4n) is 3.02. The zero-order valence-electron chi connectivity index (χ0n) is 12.1. The van der Waals surface area contributed by atoms with Crippen LogP contribution in [0.5, 0.6) is 0 Å². The third kappa shape index (κ3) is 2.76. The number of piperazine rings is 1. The van der Waals surface area contributed by atoms with Crippen molar-refractivity contribution in [1.29, 1.82) is 0 Å². The van der Waals surface area contributed by atoms with E-state index in [1.165, 1.54) is 0 Å². The molecule has 1 N–H and O–H groups in total. The molecular weight excluding hydrogens is 244 g/mol. The molecule has 0 radical (unpaired) electrons. The standard InChI is InChI=1S/C14H24N2O3/c1-4-11-10(6-7-19-11)8-16-9-12(17)15-14(3,5-2)13(16)18/h10-11H,4-9H2,1-3H3,(H,15,17). The summed E-state index contributed by atoms with van der Waals surface area (Å²) >= 11 is 0. The molecule has 0 aromatic heterocycles. The molecule has 2 aliphatic heterocycles. The summed E-state index contributed by atoms with van der Waals surface area (Å²) in [6, 6.07) is 0. The lowest BCUT2D eigenvalue weighted by molar-refractivity contribution is -0.150. The van der Waals surface area contributed by atoms with Crippen LogP contribution in [0.25, 0.3) is 0 Å². The molecule has 19 heavy (non-hydrogen) atoms. The van der Waals surface area contributed by atoms with Gasteiger partial charge in [-0.05, 0) is 26.2 Å². The van der Waals surface area contributed by atoms with E-state index in [0.29, 0.717) is 18.9 Å². The van der Waals surface area contributed by atoms with Gasteiger partial charge >= 0.3 is 0 Å². The Balaban J connectivity index is 2.06. The summed E-state index contributed by atoms with van der Waals surface area (Å²) in [5.41, 5.74) is -0.740. The first kappa shape index (κ1) is 14.3. The van der Waals surface area contributed by atoms with Gasteiger partial charge in [0.15, 0.2) is 0 Å². The third-order valence-corrected chi connectivity index (χ3v) is 4.42. The summed E-state index contributed by atoms with van der Waals surface area (Å²) in [6.07, 6.45) is 2.79. The van der Waals surface area contributed by atoms with Crippen LogP contribution >= 0.6 is 0 Å². The number of rotatable bonds is 4. The molecule has 2 amide bonds. The van der Waals surface area contributed by atoms with Gasteiger partial charge in [0, 0.05) is 19.1 Å². The number of carbonyl (C=O) groups excluding carboxylic acids is 2. The SMILES string of the molecule is CCC1OCCC1CN1CC(=O)NC(C)(CC)C1=O. The minimum Gasteiger partial charge on any atom is -0.378 e. The smallest absolute Gasteiger partial charge is 0.248 e. The van der Waals surface area contributed by atoms with E-state index in [0.717, 1.165) is 19.4 Å². The van der Waals surface area contributed by atoms with Crippen molar-refractivity contribution in [1.82, 2.24) is 10.2 Å². The molecule has 2 fully saturated rings. The van der Waals surface area contributed by atoms with Crippen LogP contribution in [0, 0.1) is 5.92 Å². The van der Waals surface area contributed by atoms with Crippen molar-refractivity contribution in [3.05, 3.63) is 0 Å². The molecule has 0 aromatic carbocycles. The average Bonchev–Trinajstić information content (AvgIpc) is 2.82. The topological polar surface area (TPSA) is 58.6 Å². The van der Waals surface area contributed by atoms with Gasteiger partial charge in [0.05, 0.1) is 12.6 Å². The number of hydrogen-bond acceptors (Lipinski definition) is 3. The zero-order chi connectivity index (χ0) is 14.0. The number of nitrogens with one attached hydrogen (secondary N) is 1. The average molecular weight is 268 g/mol. The van der Waals surface area contributed by atoms with Gasteiger partial charge in [-0.2, -0.15) is 0 Å². The number of carbonyl (C=O) groups is 2. The van der Waals surface area contributed by atoms with Crippen molar-refractivity contribution in [2.75, 3.05) is 19.7 Å². The largest absolute Gasteiger partial charge is 0.378 e. The van der Waals surface area contributed by atoms with Crippen molar-refractivity contribution in [2.45, 2.75) is 51.7 Å². The fourth-order valence-corrected chi connectivity index (χ4v) is 3.02. The molecule has 3 atom stereocenters. The minimum atomic E-state index is -0.740. The molecule has 0 bridgehead atoms. The number of amides is 2. The molecule has 5 heteroatoms. The first-order valence-electron chi connectivity index (χ1n) is 7.22. The summed E-state index contributed by atoms with van der Waals surface area (Å²) in [4.78, 5) is 26.0. The Labute approximate surface area is 114 Å². The van der Waals surface area contributed by atoms with E-state index < -0.39 is 5.54 Å². The molecule has 108 valence electrons. The lowest BCUT2D eigenvalue weighted by Crippen LogP contribution is -2.65. The Morgan fingerprint density at radius 3 is 2.79 bits per heavy atom. The molecular formula is C14H24N2O3. The predicted molar refractivity (Wildman–Crippen MR) is 71.6 cm³/mol. The van der Waals surface area contributed by atoms with Crippen molar-refractivity contribution >= 4 is 11.8 Å². The van der Waals surface area contributed by atoms with E-state index in [9.17, 15) is 9.59 Å². The zero-order valence-corrected chi connectivity index (χ0v) is 12.1. The first-order valence-corrected chi connectivity index (χ1v) is 7.22. The fraction of sp³-hybridized carbons (Fsp3) is 0.857. The van der Waals surface area contributed by atoms with Crippen molar-refractivity contribution in [3.8, 4) is 0 Å². The summed E-state index contributed by atoms with van der Waals surface area (Å²) < 4.78 is 5.66. The van der Waals surface area contributed by atoms with E-state index >= 15 is 0 Å². The van der Waals surface area contributed by atoms with Gasteiger partial charge < -0.3 is 15.0 Å². The van der Waals surface area contributed by atoms with Gasteiger partial charge in [0.25, 0.3) is 0 Å². The van der Waals surface area contributed by atoms with Crippen LogP contribution in [0.3, 0.4) is 0 Å². The van der Waals surface area contributed by atoms with E-state index in [2.05, 4.69) is 12.2 Å². The van der Waals surface area contributed by atoms with E-state index in [1.807, 2.05) is 13.8 Å². The van der Waals surface area contributed by atoms with Crippen LogP contribution < -0.4 is 5.32 Å².